The summed E-state index contributed by atoms with van der Waals surface area (Å²) in [5, 5.41) is 9.37. The van der Waals surface area contributed by atoms with E-state index in [2.05, 4.69) is 29.8 Å². The zero-order valence-corrected chi connectivity index (χ0v) is 11.8. The van der Waals surface area contributed by atoms with Crippen molar-refractivity contribution in [1.29, 1.82) is 0 Å². The second-order valence-corrected chi connectivity index (χ2v) is 4.86. The van der Waals surface area contributed by atoms with Crippen LogP contribution in [-0.4, -0.2) is 25.2 Å². The van der Waals surface area contributed by atoms with Crippen molar-refractivity contribution in [3.63, 3.8) is 0 Å². The van der Waals surface area contributed by atoms with Crippen LogP contribution in [0.25, 0.3) is 0 Å². The molecule has 0 spiro atoms. The van der Waals surface area contributed by atoms with Crippen LogP contribution in [0.2, 0.25) is 5.02 Å². The lowest BCUT2D eigenvalue weighted by atomic mass is 10.2. The summed E-state index contributed by atoms with van der Waals surface area (Å²) in [7, 11) is 0. The van der Waals surface area contributed by atoms with Crippen LogP contribution in [0.1, 0.15) is 19.4 Å². The van der Waals surface area contributed by atoms with E-state index in [4.69, 9.17) is 11.6 Å². The van der Waals surface area contributed by atoms with E-state index in [0.717, 1.165) is 12.1 Å². The smallest absolute Gasteiger partial charge is 0.319 e. The van der Waals surface area contributed by atoms with Gasteiger partial charge < -0.3 is 16.0 Å². The fourth-order valence-electron chi connectivity index (χ4n) is 1.38. The molecular formula is C13H20ClN3O. The molecule has 4 nitrogen and oxygen atoms in total. The van der Waals surface area contributed by atoms with Gasteiger partial charge >= 0.3 is 6.03 Å². The van der Waals surface area contributed by atoms with Crippen LogP contribution in [0, 0.1) is 6.92 Å². The molecule has 0 unspecified atom stereocenters. The van der Waals surface area contributed by atoms with Crippen molar-refractivity contribution in [1.82, 2.24) is 10.6 Å². The second kappa shape index (κ2) is 7.24. The predicted octanol–water partition coefficient (Wildman–Crippen LogP) is 2.77. The summed E-state index contributed by atoms with van der Waals surface area (Å²) in [6.07, 6.45) is 0. The lowest BCUT2D eigenvalue weighted by molar-refractivity contribution is 0.252. The number of amides is 2. The van der Waals surface area contributed by atoms with E-state index in [0.29, 0.717) is 23.3 Å². The van der Waals surface area contributed by atoms with E-state index in [1.54, 1.807) is 6.07 Å². The van der Waals surface area contributed by atoms with Gasteiger partial charge in [-0.15, -0.1) is 0 Å². The van der Waals surface area contributed by atoms with Crippen LogP contribution in [0.4, 0.5) is 10.5 Å². The number of carbonyl (C=O) groups excluding carboxylic acids is 1. The molecule has 0 atom stereocenters. The number of urea groups is 1. The van der Waals surface area contributed by atoms with Gasteiger partial charge in [0, 0.05) is 29.8 Å². The van der Waals surface area contributed by atoms with Crippen LogP contribution >= 0.6 is 11.6 Å². The number of carbonyl (C=O) groups is 1. The quantitative estimate of drug-likeness (QED) is 0.720. The standard InChI is InChI=1S/C13H20ClN3O/c1-9(2)15-6-7-16-13(18)17-11-5-4-10(3)12(14)8-11/h4-5,8-9,15H,6-7H2,1-3H3,(H2,16,17,18). The van der Waals surface area contributed by atoms with Gasteiger partial charge in [0.25, 0.3) is 0 Å². The van der Waals surface area contributed by atoms with Gasteiger partial charge in [-0.2, -0.15) is 0 Å². The topological polar surface area (TPSA) is 53.2 Å². The highest BCUT2D eigenvalue weighted by Crippen LogP contribution is 2.19. The molecule has 3 N–H and O–H groups in total. The largest absolute Gasteiger partial charge is 0.337 e. The molecule has 100 valence electrons. The molecule has 0 heterocycles. The zero-order chi connectivity index (χ0) is 13.5. The normalized spacial score (nSPS) is 10.5. The number of rotatable bonds is 5. The minimum atomic E-state index is -0.222. The van der Waals surface area contributed by atoms with Gasteiger partial charge in [0.05, 0.1) is 0 Å². The molecule has 0 fully saturated rings. The summed E-state index contributed by atoms with van der Waals surface area (Å²) in [5.74, 6) is 0. The third kappa shape index (κ3) is 5.38. The Morgan fingerprint density at radius 1 is 1.33 bits per heavy atom. The van der Waals surface area contributed by atoms with Crippen LogP contribution < -0.4 is 16.0 Å². The van der Waals surface area contributed by atoms with Crippen LogP contribution in [0.5, 0.6) is 0 Å². The summed E-state index contributed by atoms with van der Waals surface area (Å²) in [6.45, 7) is 7.38. The molecule has 0 bridgehead atoms. The minimum absolute atomic E-state index is 0.222. The van der Waals surface area contributed by atoms with Crippen molar-refractivity contribution in [2.45, 2.75) is 26.8 Å². The summed E-state index contributed by atoms with van der Waals surface area (Å²) < 4.78 is 0. The Balaban J connectivity index is 2.33. The van der Waals surface area contributed by atoms with Gasteiger partial charge in [-0.25, -0.2) is 4.79 Å². The Kier molecular flexibility index (Phi) is 5.95. The highest BCUT2D eigenvalue weighted by molar-refractivity contribution is 6.31. The molecule has 0 saturated heterocycles. The monoisotopic (exact) mass is 269 g/mol. The first kappa shape index (κ1) is 14.8. The number of anilines is 1. The molecule has 0 radical (unpaired) electrons. The van der Waals surface area contributed by atoms with E-state index in [1.807, 2.05) is 19.1 Å². The van der Waals surface area contributed by atoms with E-state index in [1.165, 1.54) is 0 Å². The fraction of sp³-hybridized carbons (Fsp3) is 0.462. The number of benzene rings is 1. The van der Waals surface area contributed by atoms with Crippen molar-refractivity contribution in [2.75, 3.05) is 18.4 Å². The average Bonchev–Trinajstić information content (AvgIpc) is 2.29. The molecule has 18 heavy (non-hydrogen) atoms. The molecule has 0 aliphatic carbocycles. The highest BCUT2D eigenvalue weighted by atomic mass is 35.5. The molecular weight excluding hydrogens is 250 g/mol. The Labute approximate surface area is 113 Å². The third-order valence-corrected chi connectivity index (χ3v) is 2.80. The fourth-order valence-corrected chi connectivity index (χ4v) is 1.56. The van der Waals surface area contributed by atoms with Gasteiger partial charge in [0.15, 0.2) is 0 Å². The van der Waals surface area contributed by atoms with Gasteiger partial charge in [-0.1, -0.05) is 31.5 Å². The van der Waals surface area contributed by atoms with E-state index in [9.17, 15) is 4.79 Å². The van der Waals surface area contributed by atoms with Gasteiger partial charge in [-0.05, 0) is 24.6 Å². The lowest BCUT2D eigenvalue weighted by Crippen LogP contribution is -2.36. The number of aryl methyl sites for hydroxylation is 1. The molecule has 0 aromatic heterocycles. The highest BCUT2D eigenvalue weighted by Gasteiger charge is 2.02. The van der Waals surface area contributed by atoms with E-state index < -0.39 is 0 Å². The average molecular weight is 270 g/mol. The number of hydrogen-bond donors (Lipinski definition) is 3. The molecule has 0 aliphatic heterocycles. The Morgan fingerprint density at radius 3 is 2.67 bits per heavy atom. The summed E-state index contributed by atoms with van der Waals surface area (Å²) in [5.41, 5.74) is 1.68. The minimum Gasteiger partial charge on any atom is -0.337 e. The number of halogens is 1. The Morgan fingerprint density at radius 2 is 2.06 bits per heavy atom. The maximum Gasteiger partial charge on any atom is 0.319 e. The maximum atomic E-state index is 11.6. The summed E-state index contributed by atoms with van der Waals surface area (Å²) in [4.78, 5) is 11.6. The molecule has 1 aromatic rings. The van der Waals surface area contributed by atoms with Gasteiger partial charge in [-0.3, -0.25) is 0 Å². The maximum absolute atomic E-state index is 11.6. The first-order chi connectivity index (χ1) is 8.49. The molecule has 0 aliphatic rings. The number of hydrogen-bond acceptors (Lipinski definition) is 2. The van der Waals surface area contributed by atoms with Crippen molar-refractivity contribution in [3.05, 3.63) is 28.8 Å². The molecule has 1 rings (SSSR count). The number of nitrogens with one attached hydrogen (secondary N) is 3. The van der Waals surface area contributed by atoms with E-state index in [-0.39, 0.29) is 6.03 Å². The Hall–Kier alpha value is -1.26. The van der Waals surface area contributed by atoms with E-state index >= 15 is 0 Å². The second-order valence-electron chi connectivity index (χ2n) is 4.45. The summed E-state index contributed by atoms with van der Waals surface area (Å²) >= 11 is 5.98. The van der Waals surface area contributed by atoms with Gasteiger partial charge in [0.2, 0.25) is 0 Å². The van der Waals surface area contributed by atoms with Crippen molar-refractivity contribution in [3.8, 4) is 0 Å². The lowest BCUT2D eigenvalue weighted by Gasteiger charge is -2.10. The zero-order valence-electron chi connectivity index (χ0n) is 11.0. The first-order valence-electron chi connectivity index (χ1n) is 6.03. The van der Waals surface area contributed by atoms with Crippen molar-refractivity contribution < 1.29 is 4.79 Å². The molecule has 1 aromatic carbocycles. The van der Waals surface area contributed by atoms with Crippen molar-refractivity contribution >= 4 is 23.3 Å². The van der Waals surface area contributed by atoms with Gasteiger partial charge in [0.1, 0.15) is 0 Å². The van der Waals surface area contributed by atoms with Crippen LogP contribution in [0.3, 0.4) is 0 Å². The third-order valence-electron chi connectivity index (χ3n) is 2.39. The molecule has 0 saturated carbocycles. The predicted molar refractivity (Wildman–Crippen MR) is 76.3 cm³/mol. The summed E-state index contributed by atoms with van der Waals surface area (Å²) in [6, 6.07) is 5.64. The van der Waals surface area contributed by atoms with Crippen LogP contribution in [0.15, 0.2) is 18.2 Å². The first-order valence-corrected chi connectivity index (χ1v) is 6.41. The Bertz CT molecular complexity index is 407. The molecule has 2 amide bonds. The SMILES string of the molecule is Cc1ccc(NC(=O)NCCNC(C)C)cc1Cl. The van der Waals surface area contributed by atoms with Crippen molar-refractivity contribution in [2.24, 2.45) is 0 Å². The molecule has 5 heteroatoms. The van der Waals surface area contributed by atoms with Crippen LogP contribution in [-0.2, 0) is 0 Å².